The smallest absolute Gasteiger partial charge is 0.252 e. The molecule has 0 aliphatic rings. The molecule has 0 amide bonds. The number of benzene rings is 2. The summed E-state index contributed by atoms with van der Waals surface area (Å²) >= 11 is 0. The van der Waals surface area contributed by atoms with Crippen molar-refractivity contribution in [2.75, 3.05) is 0 Å². The first-order chi connectivity index (χ1) is 13.8. The summed E-state index contributed by atoms with van der Waals surface area (Å²) in [4.78, 5) is 18.4. The highest BCUT2D eigenvalue weighted by Crippen LogP contribution is 2.29. The molecule has 0 aliphatic carbocycles. The molecule has 9 nitrogen and oxygen atoms in total. The molecule has 0 radical (unpaired) electrons. The van der Waals surface area contributed by atoms with E-state index in [9.17, 15) is 4.79 Å². The predicted molar refractivity (Wildman–Crippen MR) is 101 cm³/mol. The van der Waals surface area contributed by atoms with Gasteiger partial charge in [-0.15, -0.1) is 15.3 Å². The Morgan fingerprint density at radius 2 is 1.79 bits per heavy atom. The SMILES string of the molecule is O=c1ccn2nc(Cc3ccc(-c4ccccc4-c4nn[nH]n4)cc3)nc2[nH]1. The van der Waals surface area contributed by atoms with E-state index in [-0.39, 0.29) is 5.56 Å². The lowest BCUT2D eigenvalue weighted by molar-refractivity contribution is 0.881. The number of fused-ring (bicyclic) bond motifs is 1. The van der Waals surface area contributed by atoms with Crippen molar-refractivity contribution in [3.05, 3.63) is 82.5 Å². The van der Waals surface area contributed by atoms with Crippen LogP contribution in [-0.4, -0.2) is 40.2 Å². The van der Waals surface area contributed by atoms with E-state index in [1.54, 1.807) is 10.7 Å². The Morgan fingerprint density at radius 1 is 0.964 bits per heavy atom. The number of nitrogens with zero attached hydrogens (tertiary/aromatic N) is 6. The molecule has 0 fully saturated rings. The molecule has 5 aromatic rings. The Bertz CT molecular complexity index is 1300. The Labute approximate surface area is 158 Å². The number of H-pyrrole nitrogens is 2. The third-order valence-electron chi connectivity index (χ3n) is 4.42. The first kappa shape index (κ1) is 16.1. The van der Waals surface area contributed by atoms with E-state index in [1.165, 1.54) is 6.07 Å². The summed E-state index contributed by atoms with van der Waals surface area (Å²) < 4.78 is 1.56. The Hall–Kier alpha value is -4.14. The molecule has 9 heteroatoms. The molecule has 2 aromatic carbocycles. The lowest BCUT2D eigenvalue weighted by atomic mass is 9.98. The standard InChI is InChI=1S/C19H14N8O/c28-17-9-10-27-19(21-17)20-16(24-27)11-12-5-7-13(8-6-12)14-3-1-2-4-15(14)18-22-25-26-23-18/h1-10H,11H2,(H,20,21,24,28)(H,22,23,25,26). The molecule has 5 rings (SSSR count). The first-order valence-corrected chi connectivity index (χ1v) is 8.63. The molecule has 2 N–H and O–H groups in total. The number of hydrogen-bond donors (Lipinski definition) is 2. The van der Waals surface area contributed by atoms with E-state index in [0.29, 0.717) is 23.8 Å². The third-order valence-corrected chi connectivity index (χ3v) is 4.42. The lowest BCUT2D eigenvalue weighted by Crippen LogP contribution is -2.05. The van der Waals surface area contributed by atoms with Crippen molar-refractivity contribution in [3.8, 4) is 22.5 Å². The van der Waals surface area contributed by atoms with Gasteiger partial charge in [0.05, 0.1) is 0 Å². The predicted octanol–water partition coefficient (Wildman–Crippen LogP) is 1.86. The summed E-state index contributed by atoms with van der Waals surface area (Å²) in [5.41, 5.74) is 3.86. The number of aromatic amines is 2. The maximum atomic E-state index is 11.4. The molecule has 0 saturated heterocycles. The fraction of sp³-hybridized carbons (Fsp3) is 0.0526. The van der Waals surface area contributed by atoms with Crippen LogP contribution in [0.15, 0.2) is 65.6 Å². The van der Waals surface area contributed by atoms with Crippen LogP contribution in [0.1, 0.15) is 11.4 Å². The Morgan fingerprint density at radius 3 is 2.57 bits per heavy atom. The van der Waals surface area contributed by atoms with Crippen LogP contribution in [0.4, 0.5) is 0 Å². The van der Waals surface area contributed by atoms with Crippen molar-refractivity contribution in [2.24, 2.45) is 0 Å². The van der Waals surface area contributed by atoms with E-state index >= 15 is 0 Å². The fourth-order valence-corrected chi connectivity index (χ4v) is 3.11. The summed E-state index contributed by atoms with van der Waals surface area (Å²) in [6.07, 6.45) is 2.17. The van der Waals surface area contributed by atoms with Gasteiger partial charge in [-0.2, -0.15) is 10.2 Å². The highest BCUT2D eigenvalue weighted by atomic mass is 16.1. The largest absolute Gasteiger partial charge is 0.291 e. The number of tetrazole rings is 1. The molecule has 0 atom stereocenters. The normalized spacial score (nSPS) is 11.1. The number of nitrogens with one attached hydrogen (secondary N) is 2. The minimum Gasteiger partial charge on any atom is -0.291 e. The topological polar surface area (TPSA) is 118 Å². The van der Waals surface area contributed by atoms with Gasteiger partial charge in [-0.25, -0.2) is 4.52 Å². The van der Waals surface area contributed by atoms with Crippen molar-refractivity contribution in [2.45, 2.75) is 6.42 Å². The molecule has 0 unspecified atom stereocenters. The van der Waals surface area contributed by atoms with Crippen LogP contribution in [0.5, 0.6) is 0 Å². The molecule has 28 heavy (non-hydrogen) atoms. The van der Waals surface area contributed by atoms with E-state index in [4.69, 9.17) is 0 Å². The zero-order chi connectivity index (χ0) is 18.9. The average Bonchev–Trinajstić information content (AvgIpc) is 3.38. The minimum atomic E-state index is -0.198. The monoisotopic (exact) mass is 370 g/mol. The lowest BCUT2D eigenvalue weighted by Gasteiger charge is -2.07. The van der Waals surface area contributed by atoms with E-state index < -0.39 is 0 Å². The molecule has 0 aliphatic heterocycles. The summed E-state index contributed by atoms with van der Waals surface area (Å²) in [7, 11) is 0. The molecule has 3 aromatic heterocycles. The summed E-state index contributed by atoms with van der Waals surface area (Å²) in [5.74, 6) is 1.64. The zero-order valence-electron chi connectivity index (χ0n) is 14.6. The Balaban J connectivity index is 1.44. The first-order valence-electron chi connectivity index (χ1n) is 8.63. The van der Waals surface area contributed by atoms with Crippen LogP contribution in [0.3, 0.4) is 0 Å². The molecule has 0 saturated carbocycles. The molecule has 0 bridgehead atoms. The maximum absolute atomic E-state index is 11.4. The molecule has 0 spiro atoms. The van der Waals surface area contributed by atoms with E-state index in [0.717, 1.165) is 22.3 Å². The van der Waals surface area contributed by atoms with Gasteiger partial charge in [0.1, 0.15) is 0 Å². The highest BCUT2D eigenvalue weighted by Gasteiger charge is 2.11. The highest BCUT2D eigenvalue weighted by molar-refractivity contribution is 5.80. The van der Waals surface area contributed by atoms with Gasteiger partial charge in [0.15, 0.2) is 5.82 Å². The third kappa shape index (κ3) is 2.94. The van der Waals surface area contributed by atoms with Gasteiger partial charge in [-0.3, -0.25) is 9.78 Å². The number of hydrogen-bond acceptors (Lipinski definition) is 6. The fourth-order valence-electron chi connectivity index (χ4n) is 3.11. The van der Waals surface area contributed by atoms with Gasteiger partial charge in [0.25, 0.3) is 5.56 Å². The van der Waals surface area contributed by atoms with Crippen molar-refractivity contribution in [1.29, 1.82) is 0 Å². The summed E-state index contributed by atoms with van der Waals surface area (Å²) in [6.45, 7) is 0. The van der Waals surface area contributed by atoms with Crippen LogP contribution in [0.25, 0.3) is 28.3 Å². The van der Waals surface area contributed by atoms with Gasteiger partial charge in [0, 0.05) is 24.2 Å². The van der Waals surface area contributed by atoms with E-state index in [2.05, 4.69) is 35.7 Å². The molecule has 3 heterocycles. The van der Waals surface area contributed by atoms with Crippen LogP contribution in [-0.2, 0) is 6.42 Å². The van der Waals surface area contributed by atoms with Crippen LogP contribution >= 0.6 is 0 Å². The van der Waals surface area contributed by atoms with Crippen molar-refractivity contribution < 1.29 is 0 Å². The van der Waals surface area contributed by atoms with Crippen LogP contribution < -0.4 is 5.56 Å². The minimum absolute atomic E-state index is 0.198. The van der Waals surface area contributed by atoms with Crippen molar-refractivity contribution in [1.82, 2.24) is 40.2 Å². The second kappa shape index (κ2) is 6.54. The number of aromatic nitrogens is 8. The molecule has 136 valence electrons. The number of rotatable bonds is 4. The van der Waals surface area contributed by atoms with Gasteiger partial charge in [0.2, 0.25) is 11.6 Å². The Kier molecular flexibility index (Phi) is 3.75. The van der Waals surface area contributed by atoms with Crippen LogP contribution in [0, 0.1) is 0 Å². The van der Waals surface area contributed by atoms with E-state index in [1.807, 2.05) is 48.5 Å². The second-order valence-electron chi connectivity index (χ2n) is 6.26. The molecular formula is C19H14N8O. The maximum Gasteiger partial charge on any atom is 0.252 e. The van der Waals surface area contributed by atoms with Gasteiger partial charge in [-0.05, 0) is 21.9 Å². The van der Waals surface area contributed by atoms with Gasteiger partial charge < -0.3 is 0 Å². The van der Waals surface area contributed by atoms with Gasteiger partial charge >= 0.3 is 0 Å². The quantitative estimate of drug-likeness (QED) is 0.499. The van der Waals surface area contributed by atoms with Crippen molar-refractivity contribution >= 4 is 5.78 Å². The van der Waals surface area contributed by atoms with Gasteiger partial charge in [-0.1, -0.05) is 48.5 Å². The van der Waals surface area contributed by atoms with Crippen molar-refractivity contribution in [3.63, 3.8) is 0 Å². The second-order valence-corrected chi connectivity index (χ2v) is 6.26. The zero-order valence-corrected chi connectivity index (χ0v) is 14.6. The van der Waals surface area contributed by atoms with Crippen LogP contribution in [0.2, 0.25) is 0 Å². The molecular weight excluding hydrogens is 356 g/mol. The average molecular weight is 370 g/mol. The summed E-state index contributed by atoms with van der Waals surface area (Å²) in [5, 5.41) is 18.7. The summed E-state index contributed by atoms with van der Waals surface area (Å²) in [6, 6.07) is 17.5.